The molecule has 166 valence electrons. The van der Waals surface area contributed by atoms with Gasteiger partial charge in [0.15, 0.2) is 5.01 Å². The third-order valence-corrected chi connectivity index (χ3v) is 5.51. The predicted octanol–water partition coefficient (Wildman–Crippen LogP) is 4.95. The summed E-state index contributed by atoms with van der Waals surface area (Å²) in [5.74, 6) is -1.88. The zero-order chi connectivity index (χ0) is 23.3. The van der Waals surface area contributed by atoms with Gasteiger partial charge in [0.1, 0.15) is 6.04 Å². The summed E-state index contributed by atoms with van der Waals surface area (Å²) in [6.45, 7) is 3.44. The third-order valence-electron chi connectivity index (χ3n) is 4.44. The maximum atomic E-state index is 12.4. The van der Waals surface area contributed by atoms with Crippen LogP contribution in [0, 0.1) is 5.92 Å². The van der Waals surface area contributed by atoms with Crippen LogP contribution >= 0.6 is 22.9 Å². The molecule has 0 radical (unpaired) electrons. The van der Waals surface area contributed by atoms with Crippen molar-refractivity contribution in [3.8, 4) is 11.3 Å². The van der Waals surface area contributed by atoms with Crippen LogP contribution in [-0.4, -0.2) is 34.0 Å². The van der Waals surface area contributed by atoms with Crippen LogP contribution in [0.5, 0.6) is 0 Å². The van der Waals surface area contributed by atoms with E-state index in [1.807, 2.05) is 0 Å². The van der Waals surface area contributed by atoms with Crippen molar-refractivity contribution >= 4 is 52.2 Å². The largest absolute Gasteiger partial charge is 0.480 e. The summed E-state index contributed by atoms with van der Waals surface area (Å²) in [6, 6.07) is 12.4. The van der Waals surface area contributed by atoms with Gasteiger partial charge in [0.05, 0.1) is 5.69 Å². The lowest BCUT2D eigenvalue weighted by atomic mass is 10.1. The zero-order valence-electron chi connectivity index (χ0n) is 17.3. The molecule has 32 heavy (non-hydrogen) atoms. The summed E-state index contributed by atoms with van der Waals surface area (Å²) in [5, 5.41) is 19.6. The van der Waals surface area contributed by atoms with Gasteiger partial charge >= 0.3 is 12.0 Å². The number of hydrogen-bond acceptors (Lipinski definition) is 5. The van der Waals surface area contributed by atoms with Crippen molar-refractivity contribution in [1.82, 2.24) is 10.3 Å². The van der Waals surface area contributed by atoms with Gasteiger partial charge in [-0.1, -0.05) is 43.6 Å². The van der Waals surface area contributed by atoms with Crippen LogP contribution in [-0.2, 0) is 4.79 Å². The molecule has 0 fully saturated rings. The Kier molecular flexibility index (Phi) is 7.45. The van der Waals surface area contributed by atoms with E-state index >= 15 is 0 Å². The lowest BCUT2D eigenvalue weighted by Gasteiger charge is -2.16. The highest BCUT2D eigenvalue weighted by molar-refractivity contribution is 7.12. The van der Waals surface area contributed by atoms with Crippen LogP contribution in [0.3, 0.4) is 0 Å². The molecule has 3 aromatic rings. The average molecular weight is 473 g/mol. The molecule has 8 nitrogen and oxygen atoms in total. The second kappa shape index (κ2) is 10.3. The van der Waals surface area contributed by atoms with Crippen LogP contribution in [0.4, 0.5) is 16.2 Å². The molecule has 1 aromatic heterocycles. The number of carbonyl (C=O) groups is 3. The minimum atomic E-state index is -1.09. The molecule has 4 N–H and O–H groups in total. The maximum absolute atomic E-state index is 12.4. The van der Waals surface area contributed by atoms with Crippen molar-refractivity contribution in [2.24, 2.45) is 5.92 Å². The lowest BCUT2D eigenvalue weighted by molar-refractivity contribution is -0.140. The molecule has 0 unspecified atom stereocenters. The minimum Gasteiger partial charge on any atom is -0.480 e. The second-order valence-corrected chi connectivity index (χ2v) is 8.53. The molecule has 0 saturated heterocycles. The van der Waals surface area contributed by atoms with E-state index in [1.165, 1.54) is 0 Å². The Balaban J connectivity index is 1.62. The monoisotopic (exact) mass is 472 g/mol. The van der Waals surface area contributed by atoms with E-state index in [0.29, 0.717) is 22.1 Å². The molecular weight excluding hydrogens is 452 g/mol. The number of rotatable bonds is 7. The van der Waals surface area contributed by atoms with Gasteiger partial charge < -0.3 is 21.1 Å². The third kappa shape index (κ3) is 6.05. The van der Waals surface area contributed by atoms with Gasteiger partial charge in [0, 0.05) is 27.3 Å². The molecule has 2 aromatic carbocycles. The zero-order valence-corrected chi connectivity index (χ0v) is 18.8. The fourth-order valence-electron chi connectivity index (χ4n) is 2.81. The van der Waals surface area contributed by atoms with E-state index in [1.54, 1.807) is 67.8 Å². The molecule has 10 heteroatoms. The first-order chi connectivity index (χ1) is 15.2. The van der Waals surface area contributed by atoms with Crippen LogP contribution in [0.1, 0.15) is 23.6 Å². The van der Waals surface area contributed by atoms with Crippen molar-refractivity contribution in [3.05, 3.63) is 63.9 Å². The number of amides is 3. The van der Waals surface area contributed by atoms with E-state index in [2.05, 4.69) is 20.9 Å². The van der Waals surface area contributed by atoms with Gasteiger partial charge in [0.25, 0.3) is 5.91 Å². The summed E-state index contributed by atoms with van der Waals surface area (Å²) in [5.41, 5.74) is 2.47. The molecular formula is C22H21ClN4O4S. The van der Waals surface area contributed by atoms with Gasteiger partial charge in [-0.05, 0) is 36.2 Å². The Morgan fingerprint density at radius 2 is 1.72 bits per heavy atom. The molecule has 3 amide bonds. The number of benzene rings is 2. The number of halogens is 1. The van der Waals surface area contributed by atoms with E-state index in [-0.39, 0.29) is 10.9 Å². The van der Waals surface area contributed by atoms with E-state index in [4.69, 9.17) is 11.6 Å². The summed E-state index contributed by atoms with van der Waals surface area (Å²) < 4.78 is 0. The molecule has 3 rings (SSSR count). The highest BCUT2D eigenvalue weighted by Gasteiger charge is 2.25. The first kappa shape index (κ1) is 23.2. The van der Waals surface area contributed by atoms with E-state index in [9.17, 15) is 19.5 Å². The first-order valence-electron chi connectivity index (χ1n) is 9.66. The highest BCUT2D eigenvalue weighted by atomic mass is 35.5. The number of anilines is 2. The minimum absolute atomic E-state index is 0.176. The Hall–Kier alpha value is -3.43. The van der Waals surface area contributed by atoms with Crippen LogP contribution in [0.15, 0.2) is 53.9 Å². The van der Waals surface area contributed by atoms with Crippen molar-refractivity contribution < 1.29 is 19.5 Å². The number of nitrogens with zero attached hydrogens (tertiary/aromatic N) is 1. The van der Waals surface area contributed by atoms with Gasteiger partial charge in [-0.3, -0.25) is 4.79 Å². The number of hydrogen-bond donors (Lipinski definition) is 4. The van der Waals surface area contributed by atoms with E-state index in [0.717, 1.165) is 16.9 Å². The number of nitrogens with one attached hydrogen (secondary N) is 3. The molecule has 1 atom stereocenters. The number of carbonyl (C=O) groups excluding carboxylic acids is 2. The Morgan fingerprint density at radius 3 is 2.34 bits per heavy atom. The van der Waals surface area contributed by atoms with E-state index < -0.39 is 23.9 Å². The number of aromatic nitrogens is 1. The lowest BCUT2D eigenvalue weighted by Crippen LogP contribution is -2.44. The predicted molar refractivity (Wildman–Crippen MR) is 125 cm³/mol. The molecule has 0 aliphatic carbocycles. The molecule has 0 aliphatic rings. The van der Waals surface area contributed by atoms with Gasteiger partial charge in [0.2, 0.25) is 0 Å². The molecule has 0 saturated carbocycles. The van der Waals surface area contributed by atoms with Gasteiger partial charge in [-0.15, -0.1) is 11.3 Å². The van der Waals surface area contributed by atoms with Crippen LogP contribution in [0.25, 0.3) is 11.3 Å². The number of carboxylic acid groups (broad SMARTS) is 1. The average Bonchev–Trinajstić information content (AvgIpc) is 3.22. The maximum Gasteiger partial charge on any atom is 0.326 e. The fraction of sp³-hybridized carbons (Fsp3) is 0.182. The normalized spacial score (nSPS) is 11.6. The van der Waals surface area contributed by atoms with Crippen LogP contribution in [0.2, 0.25) is 5.02 Å². The molecule has 0 aliphatic heterocycles. The SMILES string of the molecule is CC(C)[C@H](NC(=O)c1nc(-c2ccc(NC(=O)Nc3cccc(Cl)c3)cc2)cs1)C(=O)O. The summed E-state index contributed by atoms with van der Waals surface area (Å²) in [4.78, 5) is 40.1. The van der Waals surface area contributed by atoms with Gasteiger partial charge in [-0.2, -0.15) is 0 Å². The smallest absolute Gasteiger partial charge is 0.326 e. The number of carboxylic acids is 1. The van der Waals surface area contributed by atoms with Crippen LogP contribution < -0.4 is 16.0 Å². The van der Waals surface area contributed by atoms with Gasteiger partial charge in [-0.25, -0.2) is 14.6 Å². The quantitative estimate of drug-likeness (QED) is 0.388. The number of aliphatic carboxylic acids is 1. The topological polar surface area (TPSA) is 120 Å². The fourth-order valence-corrected chi connectivity index (χ4v) is 3.73. The summed E-state index contributed by atoms with van der Waals surface area (Å²) >= 11 is 7.04. The highest BCUT2D eigenvalue weighted by Crippen LogP contribution is 2.24. The number of thiazole rings is 1. The Morgan fingerprint density at radius 1 is 1.03 bits per heavy atom. The second-order valence-electron chi connectivity index (χ2n) is 7.24. The van der Waals surface area contributed by atoms with Crippen molar-refractivity contribution in [2.75, 3.05) is 10.6 Å². The Labute approximate surface area is 193 Å². The summed E-state index contributed by atoms with van der Waals surface area (Å²) in [7, 11) is 0. The Bertz CT molecular complexity index is 1130. The van der Waals surface area contributed by atoms with Crippen molar-refractivity contribution in [3.63, 3.8) is 0 Å². The van der Waals surface area contributed by atoms with Crippen molar-refractivity contribution in [2.45, 2.75) is 19.9 Å². The molecule has 0 bridgehead atoms. The standard InChI is InChI=1S/C22H21ClN4O4S/c1-12(2)18(21(29)30)27-19(28)20-26-17(11-32-20)13-6-8-15(9-7-13)24-22(31)25-16-5-3-4-14(23)10-16/h3-12,18H,1-2H3,(H,27,28)(H,29,30)(H2,24,25,31)/t18-/m0/s1. The van der Waals surface area contributed by atoms with Crippen molar-refractivity contribution in [1.29, 1.82) is 0 Å². The summed E-state index contributed by atoms with van der Waals surface area (Å²) in [6.07, 6.45) is 0. The molecule has 1 heterocycles. The molecule has 0 spiro atoms. The first-order valence-corrected chi connectivity index (χ1v) is 10.9. The number of urea groups is 1.